The van der Waals surface area contributed by atoms with Gasteiger partial charge in [-0.3, -0.25) is 0 Å². The van der Waals surface area contributed by atoms with Crippen molar-refractivity contribution in [1.29, 1.82) is 0 Å². The van der Waals surface area contributed by atoms with Crippen LogP contribution in [0.3, 0.4) is 0 Å². The van der Waals surface area contributed by atoms with Crippen LogP contribution < -0.4 is 5.90 Å². The molecule has 0 fully saturated rings. The van der Waals surface area contributed by atoms with E-state index in [1.807, 2.05) is 0 Å². The molecule has 52 valence electrons. The van der Waals surface area contributed by atoms with Gasteiger partial charge in [-0.1, -0.05) is 20.8 Å². The molecule has 0 radical (unpaired) electrons. The lowest BCUT2D eigenvalue weighted by molar-refractivity contribution is -0.693. The van der Waals surface area contributed by atoms with Gasteiger partial charge < -0.3 is 5.48 Å². The Morgan fingerprint density at radius 2 is 1.75 bits per heavy atom. The van der Waals surface area contributed by atoms with Gasteiger partial charge in [-0.15, -0.1) is 0 Å². The van der Waals surface area contributed by atoms with Crippen LogP contribution in [0.1, 0.15) is 20.8 Å². The Kier molecular flexibility index (Phi) is 5.17. The van der Waals surface area contributed by atoms with E-state index < -0.39 is 0 Å². The minimum Gasteiger partial charge on any atom is -0.870 e. The van der Waals surface area contributed by atoms with Gasteiger partial charge in [0.15, 0.2) is 0 Å². The van der Waals surface area contributed by atoms with Crippen LogP contribution >= 0.6 is 0 Å². The fraction of sp³-hybridized carbons (Fsp3) is 1.00. The van der Waals surface area contributed by atoms with Gasteiger partial charge in [-0.2, -0.15) is 0 Å². The lowest BCUT2D eigenvalue weighted by atomic mass is 9.99. The van der Waals surface area contributed by atoms with Crippen LogP contribution in [0.2, 0.25) is 0 Å². The second-order valence-corrected chi connectivity index (χ2v) is 2.91. The molecule has 0 saturated carbocycles. The molecule has 0 saturated heterocycles. The van der Waals surface area contributed by atoms with Crippen molar-refractivity contribution in [1.82, 2.24) is 0 Å². The Hall–Kier alpha value is -0.120. The highest BCUT2D eigenvalue weighted by Gasteiger charge is 2.09. The van der Waals surface area contributed by atoms with Gasteiger partial charge in [0.05, 0.1) is 0 Å². The van der Waals surface area contributed by atoms with E-state index in [4.69, 9.17) is 0 Å². The highest BCUT2D eigenvalue weighted by molar-refractivity contribution is 4.56. The normalized spacial score (nSPS) is 10.5. The quantitative estimate of drug-likeness (QED) is 0.497. The molecule has 0 bridgehead atoms. The van der Waals surface area contributed by atoms with E-state index in [0.717, 1.165) is 6.61 Å². The second-order valence-electron chi connectivity index (χ2n) is 2.91. The molecule has 0 unspecified atom stereocenters. The first-order valence-electron chi connectivity index (χ1n) is 2.43. The van der Waals surface area contributed by atoms with Crippen molar-refractivity contribution in [3.63, 3.8) is 0 Å². The predicted octanol–water partition coefficient (Wildman–Crippen LogP) is 0.0292. The maximum atomic E-state index is 4.66. The first-order chi connectivity index (χ1) is 3.06. The van der Waals surface area contributed by atoms with Crippen molar-refractivity contribution in [2.75, 3.05) is 6.61 Å². The first-order valence-corrected chi connectivity index (χ1v) is 2.43. The monoisotopic (exact) mass is 121 g/mol. The standard InChI is InChI=1S/C5H14NO.H2O/c1-5(2,3)4-7-6;/h4H2,1-3,6H3;1H2/q+1;/p-1. The van der Waals surface area contributed by atoms with Crippen molar-refractivity contribution in [2.45, 2.75) is 20.8 Å². The third-order valence-electron chi connectivity index (χ3n) is 0.535. The average molecular weight is 121 g/mol. The summed E-state index contributed by atoms with van der Waals surface area (Å²) in [5.41, 5.74) is 0.266. The summed E-state index contributed by atoms with van der Waals surface area (Å²) >= 11 is 0. The van der Waals surface area contributed by atoms with Crippen molar-refractivity contribution in [3.8, 4) is 0 Å². The Bertz CT molecular complexity index is 48.9. The van der Waals surface area contributed by atoms with E-state index in [9.17, 15) is 0 Å². The third kappa shape index (κ3) is 9.30. The largest absolute Gasteiger partial charge is 0.870 e. The van der Waals surface area contributed by atoms with Gasteiger partial charge in [-0.05, 0) is 5.41 Å². The van der Waals surface area contributed by atoms with Crippen molar-refractivity contribution in [2.24, 2.45) is 5.41 Å². The molecule has 0 aromatic rings. The predicted molar refractivity (Wildman–Crippen MR) is 30.2 cm³/mol. The highest BCUT2D eigenvalue weighted by atomic mass is 16.6. The molecular weight excluding hydrogens is 106 g/mol. The van der Waals surface area contributed by atoms with Crippen LogP contribution in [0.15, 0.2) is 0 Å². The van der Waals surface area contributed by atoms with E-state index in [1.165, 1.54) is 0 Å². The topological polar surface area (TPSA) is 66.9 Å². The third-order valence-corrected chi connectivity index (χ3v) is 0.535. The minimum absolute atomic E-state index is 0. The van der Waals surface area contributed by atoms with Crippen LogP contribution in [0, 0.1) is 5.41 Å². The molecule has 0 spiro atoms. The lowest BCUT2D eigenvalue weighted by Crippen LogP contribution is -2.50. The van der Waals surface area contributed by atoms with E-state index >= 15 is 0 Å². The van der Waals surface area contributed by atoms with Gasteiger partial charge in [0.25, 0.3) is 0 Å². The molecule has 0 amide bonds. The average Bonchev–Trinajstić information content (AvgIpc) is 1.30. The number of quaternary nitrogens is 1. The first kappa shape index (κ1) is 10.8. The molecule has 0 aliphatic carbocycles. The van der Waals surface area contributed by atoms with Gasteiger partial charge in [0.1, 0.15) is 6.61 Å². The molecule has 0 aromatic heterocycles. The van der Waals surface area contributed by atoms with E-state index in [-0.39, 0.29) is 10.9 Å². The molecule has 3 heteroatoms. The molecule has 0 rings (SSSR count). The molecule has 0 aromatic carbocycles. The zero-order valence-corrected chi connectivity index (χ0v) is 5.77. The van der Waals surface area contributed by atoms with Crippen molar-refractivity contribution < 1.29 is 16.2 Å². The molecule has 0 aliphatic heterocycles. The summed E-state index contributed by atoms with van der Waals surface area (Å²) in [5.74, 6) is 3.27. The zero-order chi connectivity index (χ0) is 5.91. The van der Waals surface area contributed by atoms with Crippen LogP contribution in [0.5, 0.6) is 0 Å². The van der Waals surface area contributed by atoms with Gasteiger partial charge in [0.2, 0.25) is 0 Å². The Balaban J connectivity index is 0. The van der Waals surface area contributed by atoms with Crippen molar-refractivity contribution in [3.05, 3.63) is 0 Å². The van der Waals surface area contributed by atoms with Gasteiger partial charge >= 0.3 is 0 Å². The maximum Gasteiger partial charge on any atom is 0.111 e. The smallest absolute Gasteiger partial charge is 0.111 e. The molecular formula is C5H15NO2. The number of hydrogen-bond donors (Lipinski definition) is 1. The SMILES string of the molecule is CC(C)(C)CO[NH3+].[OH-]. The number of rotatable bonds is 1. The maximum absolute atomic E-state index is 4.66. The van der Waals surface area contributed by atoms with E-state index in [1.54, 1.807) is 0 Å². The fourth-order valence-corrected chi connectivity index (χ4v) is 0.306. The zero-order valence-electron chi connectivity index (χ0n) is 5.77. The van der Waals surface area contributed by atoms with Crippen LogP contribution in [-0.2, 0) is 4.84 Å². The van der Waals surface area contributed by atoms with Crippen molar-refractivity contribution >= 4 is 0 Å². The summed E-state index contributed by atoms with van der Waals surface area (Å²) in [4.78, 5) is 4.66. The molecule has 0 atom stereocenters. The van der Waals surface area contributed by atoms with Gasteiger partial charge in [-0.25, -0.2) is 10.7 Å². The van der Waals surface area contributed by atoms with Crippen LogP contribution in [0.25, 0.3) is 0 Å². The fourth-order valence-electron chi connectivity index (χ4n) is 0.306. The van der Waals surface area contributed by atoms with E-state index in [2.05, 4.69) is 31.5 Å². The summed E-state index contributed by atoms with van der Waals surface area (Å²) in [5, 5.41) is 0. The summed E-state index contributed by atoms with van der Waals surface area (Å²) in [6.45, 7) is 7.06. The summed E-state index contributed by atoms with van der Waals surface area (Å²) < 4.78 is 0. The molecule has 8 heavy (non-hydrogen) atoms. The second kappa shape index (κ2) is 3.83. The van der Waals surface area contributed by atoms with E-state index in [0.29, 0.717) is 0 Å². The molecule has 0 aliphatic rings. The Labute approximate surface area is 50.1 Å². The molecule has 3 nitrogen and oxygen atoms in total. The number of hydrogen-bond acceptors (Lipinski definition) is 2. The highest BCUT2D eigenvalue weighted by Crippen LogP contribution is 2.10. The summed E-state index contributed by atoms with van der Waals surface area (Å²) in [6, 6.07) is 0. The van der Waals surface area contributed by atoms with Gasteiger partial charge in [0, 0.05) is 0 Å². The Morgan fingerprint density at radius 3 is 1.75 bits per heavy atom. The summed E-state index contributed by atoms with van der Waals surface area (Å²) in [6.07, 6.45) is 0. The van der Waals surface area contributed by atoms with Crippen LogP contribution in [-0.4, -0.2) is 12.1 Å². The molecule has 0 heterocycles. The molecule has 4 N–H and O–H groups in total. The van der Waals surface area contributed by atoms with Crippen LogP contribution in [0.4, 0.5) is 0 Å². The Morgan fingerprint density at radius 1 is 1.38 bits per heavy atom. The lowest BCUT2D eigenvalue weighted by Gasteiger charge is -2.12. The minimum atomic E-state index is 0. The summed E-state index contributed by atoms with van der Waals surface area (Å²) in [7, 11) is 0.